The molecule has 2 nitrogen and oxygen atoms in total. The van der Waals surface area contributed by atoms with E-state index in [1.165, 1.54) is 12.1 Å². The lowest BCUT2D eigenvalue weighted by Crippen LogP contribution is -2.18. The lowest BCUT2D eigenvalue weighted by molar-refractivity contribution is -0.275. The molecule has 0 aliphatic heterocycles. The highest BCUT2D eigenvalue weighted by Gasteiger charge is 2.32. The van der Waals surface area contributed by atoms with Gasteiger partial charge in [-0.3, -0.25) is 0 Å². The Bertz CT molecular complexity index is 378. The summed E-state index contributed by atoms with van der Waals surface area (Å²) >= 11 is 0. The van der Waals surface area contributed by atoms with Crippen molar-refractivity contribution in [2.24, 2.45) is 0 Å². The normalized spacial score (nSPS) is 12.6. The Hall–Kier alpha value is -1.39. The molecule has 0 spiro atoms. The summed E-state index contributed by atoms with van der Waals surface area (Å²) in [7, 11) is 0. The second-order valence-electron chi connectivity index (χ2n) is 4.48. The number of alkyl halides is 3. The van der Waals surface area contributed by atoms with Crippen molar-refractivity contribution < 1.29 is 23.0 Å². The summed E-state index contributed by atoms with van der Waals surface area (Å²) in [6, 6.07) is 3.96. The number of hydrogen-bond acceptors (Lipinski definition) is 2. The summed E-state index contributed by atoms with van der Waals surface area (Å²) < 4.78 is 39.8. The van der Waals surface area contributed by atoms with Gasteiger partial charge in [0.05, 0.1) is 0 Å². The van der Waals surface area contributed by atoms with Gasteiger partial charge in [-0.15, -0.1) is 13.2 Å². The number of aromatic hydroxyl groups is 1. The quantitative estimate of drug-likeness (QED) is 0.804. The molecule has 0 radical (unpaired) electrons. The Morgan fingerprint density at radius 1 is 1.12 bits per heavy atom. The fourth-order valence-corrected chi connectivity index (χ4v) is 1.19. The van der Waals surface area contributed by atoms with Crippen molar-refractivity contribution in [1.29, 1.82) is 0 Å². The van der Waals surface area contributed by atoms with Gasteiger partial charge >= 0.3 is 6.36 Å². The number of halogens is 3. The zero-order valence-electron chi connectivity index (χ0n) is 9.22. The lowest BCUT2D eigenvalue weighted by Gasteiger charge is -2.20. The first-order valence-electron chi connectivity index (χ1n) is 4.69. The highest BCUT2D eigenvalue weighted by atomic mass is 19.4. The molecule has 0 saturated carbocycles. The summed E-state index contributed by atoms with van der Waals surface area (Å²) in [4.78, 5) is 0. The molecule has 0 saturated heterocycles. The average Bonchev–Trinajstić information content (AvgIpc) is 2.04. The molecule has 0 aliphatic rings. The summed E-state index contributed by atoms with van der Waals surface area (Å²) in [6.45, 7) is 5.57. The van der Waals surface area contributed by atoms with Crippen LogP contribution < -0.4 is 4.74 Å². The topological polar surface area (TPSA) is 29.5 Å². The van der Waals surface area contributed by atoms with Crippen LogP contribution in [0.4, 0.5) is 13.2 Å². The van der Waals surface area contributed by atoms with Crippen LogP contribution in [0.5, 0.6) is 11.5 Å². The molecule has 0 amide bonds. The van der Waals surface area contributed by atoms with Crippen LogP contribution in [0.15, 0.2) is 18.2 Å². The van der Waals surface area contributed by atoms with E-state index < -0.39 is 17.9 Å². The van der Waals surface area contributed by atoms with Crippen molar-refractivity contribution in [3.05, 3.63) is 23.8 Å². The summed E-state index contributed by atoms with van der Waals surface area (Å²) in [5.74, 6) is -1.09. The number of ether oxygens (including phenoxy) is 1. The van der Waals surface area contributed by atoms with E-state index >= 15 is 0 Å². The minimum atomic E-state index is -4.80. The second kappa shape index (κ2) is 3.88. The summed E-state index contributed by atoms with van der Waals surface area (Å²) in [5, 5.41) is 9.24. The third-order valence-corrected chi connectivity index (χ3v) is 2.05. The molecule has 5 heteroatoms. The van der Waals surface area contributed by atoms with Crippen LogP contribution in [0.3, 0.4) is 0 Å². The zero-order chi connectivity index (χ0) is 12.6. The molecule has 90 valence electrons. The van der Waals surface area contributed by atoms with E-state index in [1.807, 2.05) is 20.8 Å². The first kappa shape index (κ1) is 12.7. The fraction of sp³-hybridized carbons (Fsp3) is 0.455. The Balaban J connectivity index is 3.10. The maximum Gasteiger partial charge on any atom is 0.573 e. The van der Waals surface area contributed by atoms with Crippen LogP contribution in [0.25, 0.3) is 0 Å². The van der Waals surface area contributed by atoms with Gasteiger partial charge in [-0.1, -0.05) is 26.8 Å². The molecule has 1 aromatic rings. The predicted octanol–water partition coefficient (Wildman–Crippen LogP) is 3.59. The molecular weight excluding hydrogens is 221 g/mol. The van der Waals surface area contributed by atoms with Crippen LogP contribution in [-0.2, 0) is 5.41 Å². The van der Waals surface area contributed by atoms with Gasteiger partial charge in [0.25, 0.3) is 0 Å². The van der Waals surface area contributed by atoms with Crippen molar-refractivity contribution in [1.82, 2.24) is 0 Å². The average molecular weight is 234 g/mol. The third kappa shape index (κ3) is 3.32. The molecule has 0 heterocycles. The predicted molar refractivity (Wildman–Crippen MR) is 53.5 cm³/mol. The van der Waals surface area contributed by atoms with Crippen molar-refractivity contribution in [3.63, 3.8) is 0 Å². The first-order valence-corrected chi connectivity index (χ1v) is 4.69. The van der Waals surface area contributed by atoms with Crippen LogP contribution in [0.2, 0.25) is 0 Å². The van der Waals surface area contributed by atoms with E-state index in [1.54, 1.807) is 6.07 Å². The molecule has 0 atom stereocenters. The molecule has 1 rings (SSSR count). The van der Waals surface area contributed by atoms with Crippen molar-refractivity contribution in [2.75, 3.05) is 0 Å². The maximum absolute atomic E-state index is 12.0. The van der Waals surface area contributed by atoms with Gasteiger partial charge in [-0.25, -0.2) is 0 Å². The van der Waals surface area contributed by atoms with E-state index in [0.29, 0.717) is 5.56 Å². The monoisotopic (exact) mass is 234 g/mol. The second-order valence-corrected chi connectivity index (χ2v) is 4.48. The SMILES string of the molecule is CC(C)(C)c1ccc(O)c(OC(F)(F)F)c1. The van der Waals surface area contributed by atoms with Crippen LogP contribution in [-0.4, -0.2) is 11.5 Å². The van der Waals surface area contributed by atoms with Crippen LogP contribution in [0, 0.1) is 0 Å². The van der Waals surface area contributed by atoms with E-state index in [2.05, 4.69) is 4.74 Å². The van der Waals surface area contributed by atoms with E-state index in [4.69, 9.17) is 0 Å². The lowest BCUT2D eigenvalue weighted by atomic mass is 9.87. The highest BCUT2D eigenvalue weighted by molar-refractivity contribution is 5.43. The molecule has 0 bridgehead atoms. The maximum atomic E-state index is 12.0. The standard InChI is InChI=1S/C11H13F3O2/c1-10(2,3)7-4-5-8(15)9(6-7)16-11(12,13)14/h4-6,15H,1-3H3. The molecule has 0 unspecified atom stereocenters. The Labute approximate surface area is 91.7 Å². The number of rotatable bonds is 1. The highest BCUT2D eigenvalue weighted by Crippen LogP contribution is 2.35. The van der Waals surface area contributed by atoms with Gasteiger partial charge in [0.1, 0.15) is 0 Å². The first-order chi connectivity index (χ1) is 7.09. The van der Waals surface area contributed by atoms with E-state index in [-0.39, 0.29) is 5.41 Å². The number of benzene rings is 1. The van der Waals surface area contributed by atoms with Gasteiger partial charge in [0.2, 0.25) is 0 Å². The Morgan fingerprint density at radius 2 is 1.69 bits per heavy atom. The molecule has 0 aromatic heterocycles. The van der Waals surface area contributed by atoms with Gasteiger partial charge in [0, 0.05) is 0 Å². The van der Waals surface area contributed by atoms with E-state index in [9.17, 15) is 18.3 Å². The fourth-order valence-electron chi connectivity index (χ4n) is 1.19. The van der Waals surface area contributed by atoms with Crippen LogP contribution in [0.1, 0.15) is 26.3 Å². The molecule has 1 N–H and O–H groups in total. The largest absolute Gasteiger partial charge is 0.573 e. The smallest absolute Gasteiger partial charge is 0.504 e. The van der Waals surface area contributed by atoms with E-state index in [0.717, 1.165) is 0 Å². The van der Waals surface area contributed by atoms with Gasteiger partial charge in [0.15, 0.2) is 11.5 Å². The third-order valence-electron chi connectivity index (χ3n) is 2.05. The molecule has 16 heavy (non-hydrogen) atoms. The Morgan fingerprint density at radius 3 is 2.12 bits per heavy atom. The van der Waals surface area contributed by atoms with Crippen LogP contribution >= 0.6 is 0 Å². The summed E-state index contributed by atoms with van der Waals surface area (Å²) in [6.07, 6.45) is -4.80. The van der Waals surface area contributed by atoms with Gasteiger partial charge in [-0.05, 0) is 23.1 Å². The Kier molecular flexibility index (Phi) is 3.08. The molecule has 0 fully saturated rings. The van der Waals surface area contributed by atoms with Gasteiger partial charge in [-0.2, -0.15) is 0 Å². The van der Waals surface area contributed by atoms with Crippen molar-refractivity contribution in [3.8, 4) is 11.5 Å². The molecular formula is C11H13F3O2. The number of hydrogen-bond donors (Lipinski definition) is 1. The van der Waals surface area contributed by atoms with Crippen molar-refractivity contribution >= 4 is 0 Å². The molecule has 0 aliphatic carbocycles. The minimum absolute atomic E-state index is 0.308. The summed E-state index contributed by atoms with van der Waals surface area (Å²) in [5.41, 5.74) is 0.349. The number of phenolic OH excluding ortho intramolecular Hbond substituents is 1. The van der Waals surface area contributed by atoms with Crippen molar-refractivity contribution in [2.45, 2.75) is 32.5 Å². The molecule has 1 aromatic carbocycles. The zero-order valence-corrected chi connectivity index (χ0v) is 9.22. The minimum Gasteiger partial charge on any atom is -0.504 e. The number of phenols is 1. The van der Waals surface area contributed by atoms with Gasteiger partial charge < -0.3 is 9.84 Å².